The fraction of sp³-hybridized carbons (Fsp3) is 0.278. The first-order valence-corrected chi connectivity index (χ1v) is 9.76. The predicted octanol–water partition coefficient (Wildman–Crippen LogP) is 2.48. The molecule has 0 radical (unpaired) electrons. The van der Waals surface area contributed by atoms with Gasteiger partial charge >= 0.3 is 0 Å². The highest BCUT2D eigenvalue weighted by Crippen LogP contribution is 2.14. The highest BCUT2D eigenvalue weighted by molar-refractivity contribution is 7.89. The van der Waals surface area contributed by atoms with Gasteiger partial charge in [0.2, 0.25) is 5.91 Å². The van der Waals surface area contributed by atoms with Crippen molar-refractivity contribution in [3.63, 3.8) is 0 Å². The molecule has 7 heteroatoms. The molecule has 0 saturated carbocycles. The Morgan fingerprint density at radius 1 is 1.00 bits per heavy atom. The maximum atomic E-state index is 12.0. The molecular formula is C18H23ClN2O3S. The summed E-state index contributed by atoms with van der Waals surface area (Å²) in [6.07, 6.45) is 2.11. The third-order valence-electron chi connectivity index (χ3n) is 3.69. The number of carbonyl (C=O) groups is 1. The third-order valence-corrected chi connectivity index (χ3v) is 4.52. The Hall–Kier alpha value is -2.05. The highest BCUT2D eigenvalue weighted by Gasteiger charge is 2.10. The van der Waals surface area contributed by atoms with E-state index in [1.54, 1.807) is 12.1 Å². The molecule has 25 heavy (non-hydrogen) atoms. The molecule has 2 aromatic rings. The summed E-state index contributed by atoms with van der Waals surface area (Å²) in [6, 6.07) is 14.7. The monoisotopic (exact) mass is 382 g/mol. The molecule has 0 fully saturated rings. The van der Waals surface area contributed by atoms with Crippen molar-refractivity contribution < 1.29 is 13.2 Å². The molecule has 0 heterocycles. The summed E-state index contributed by atoms with van der Waals surface area (Å²) in [7, 11) is -3.12. The van der Waals surface area contributed by atoms with Crippen molar-refractivity contribution in [1.29, 1.82) is 0 Å². The molecule has 2 aromatic carbocycles. The molecule has 0 aliphatic heterocycles. The van der Waals surface area contributed by atoms with Crippen LogP contribution in [0.25, 0.3) is 0 Å². The lowest BCUT2D eigenvalue weighted by molar-refractivity contribution is -0.121. The van der Waals surface area contributed by atoms with E-state index in [0.717, 1.165) is 11.1 Å². The third kappa shape index (κ3) is 7.15. The molecule has 0 spiro atoms. The van der Waals surface area contributed by atoms with E-state index in [1.165, 1.54) is 6.26 Å². The Bertz CT molecular complexity index is 823. The van der Waals surface area contributed by atoms with Gasteiger partial charge in [-0.2, -0.15) is 0 Å². The summed E-state index contributed by atoms with van der Waals surface area (Å²) in [4.78, 5) is 12.0. The maximum absolute atomic E-state index is 12.0. The van der Waals surface area contributed by atoms with E-state index in [9.17, 15) is 13.2 Å². The number of sulfone groups is 1. The summed E-state index contributed by atoms with van der Waals surface area (Å²) in [5.41, 5.74) is 9.03. The molecule has 0 bridgehead atoms. The first kappa shape index (κ1) is 21.0. The minimum Gasteiger partial charge on any atom is -0.399 e. The Morgan fingerprint density at radius 2 is 1.56 bits per heavy atom. The van der Waals surface area contributed by atoms with E-state index >= 15 is 0 Å². The van der Waals surface area contributed by atoms with Gasteiger partial charge in [-0.25, -0.2) is 8.42 Å². The fourth-order valence-electron chi connectivity index (χ4n) is 2.45. The average Bonchev–Trinajstić information content (AvgIpc) is 2.52. The van der Waals surface area contributed by atoms with Gasteiger partial charge in [0.05, 0.1) is 5.75 Å². The molecule has 0 aliphatic carbocycles. The Kier molecular flexibility index (Phi) is 7.93. The number of carbonyl (C=O) groups excluding carboxylic acids is 1. The van der Waals surface area contributed by atoms with Crippen LogP contribution in [-0.4, -0.2) is 20.6 Å². The number of rotatable bonds is 7. The van der Waals surface area contributed by atoms with Crippen LogP contribution in [0.15, 0.2) is 48.5 Å². The number of para-hydroxylation sites is 1. The van der Waals surface area contributed by atoms with Gasteiger partial charge < -0.3 is 11.1 Å². The summed E-state index contributed by atoms with van der Waals surface area (Å²) in [6.45, 7) is 0.314. The van der Waals surface area contributed by atoms with Crippen LogP contribution in [0.1, 0.15) is 23.1 Å². The highest BCUT2D eigenvalue weighted by atomic mass is 35.5. The van der Waals surface area contributed by atoms with Crippen molar-refractivity contribution in [2.24, 2.45) is 0 Å². The number of hydrogen-bond acceptors (Lipinski definition) is 4. The summed E-state index contributed by atoms with van der Waals surface area (Å²) in [5, 5.41) is 2.84. The lowest BCUT2D eigenvalue weighted by Crippen LogP contribution is -2.24. The van der Waals surface area contributed by atoms with Crippen LogP contribution in [0, 0.1) is 0 Å². The zero-order chi connectivity index (χ0) is 17.6. The number of halogens is 1. The van der Waals surface area contributed by atoms with Crippen molar-refractivity contribution >= 4 is 33.8 Å². The summed E-state index contributed by atoms with van der Waals surface area (Å²) < 4.78 is 23.0. The zero-order valence-corrected chi connectivity index (χ0v) is 15.7. The van der Waals surface area contributed by atoms with Crippen molar-refractivity contribution in [3.05, 3.63) is 65.2 Å². The minimum atomic E-state index is -3.12. The zero-order valence-electron chi connectivity index (χ0n) is 14.1. The second-order valence-corrected chi connectivity index (χ2v) is 7.95. The molecule has 0 aromatic heterocycles. The van der Waals surface area contributed by atoms with Crippen molar-refractivity contribution in [2.45, 2.75) is 25.1 Å². The van der Waals surface area contributed by atoms with Gasteiger partial charge in [-0.05, 0) is 29.2 Å². The van der Waals surface area contributed by atoms with Gasteiger partial charge in [0.1, 0.15) is 0 Å². The average molecular weight is 383 g/mol. The molecule has 0 atom stereocenters. The van der Waals surface area contributed by atoms with E-state index in [0.29, 0.717) is 30.6 Å². The second-order valence-electron chi connectivity index (χ2n) is 5.81. The Morgan fingerprint density at radius 3 is 2.16 bits per heavy atom. The smallest absolute Gasteiger partial charge is 0.220 e. The molecular weight excluding hydrogens is 360 g/mol. The van der Waals surface area contributed by atoms with E-state index in [2.05, 4.69) is 5.32 Å². The maximum Gasteiger partial charge on any atom is 0.220 e. The molecule has 5 nitrogen and oxygen atoms in total. The van der Waals surface area contributed by atoms with Crippen LogP contribution in [0.5, 0.6) is 0 Å². The molecule has 1 amide bonds. The van der Waals surface area contributed by atoms with Gasteiger partial charge in [0.25, 0.3) is 0 Å². The topological polar surface area (TPSA) is 89.3 Å². The van der Waals surface area contributed by atoms with Crippen LogP contribution in [0.3, 0.4) is 0 Å². The SMILES string of the molecule is CS(=O)(=O)Cc1ccccc1CNC(=O)CCc1ccccc1N.Cl. The van der Waals surface area contributed by atoms with Crippen molar-refractivity contribution in [2.75, 3.05) is 12.0 Å². The van der Waals surface area contributed by atoms with Crippen molar-refractivity contribution in [3.8, 4) is 0 Å². The Labute approximate surface area is 155 Å². The van der Waals surface area contributed by atoms with E-state index in [4.69, 9.17) is 5.73 Å². The number of hydrogen-bond donors (Lipinski definition) is 2. The first-order valence-electron chi connectivity index (χ1n) is 7.70. The molecule has 0 saturated heterocycles. The molecule has 0 unspecified atom stereocenters. The molecule has 136 valence electrons. The number of aryl methyl sites for hydroxylation is 1. The lowest BCUT2D eigenvalue weighted by Gasteiger charge is -2.10. The number of anilines is 1. The standard InChI is InChI=1S/C18H22N2O3S.ClH/c1-24(22,23)13-16-8-3-2-7-15(16)12-20-18(21)11-10-14-6-4-5-9-17(14)19;/h2-9H,10-13,19H2,1H3,(H,20,21);1H. The molecule has 2 rings (SSSR count). The van der Waals surface area contributed by atoms with Gasteiger partial charge in [-0.1, -0.05) is 42.5 Å². The van der Waals surface area contributed by atoms with Crippen LogP contribution in [0.2, 0.25) is 0 Å². The normalized spacial score (nSPS) is 10.8. The predicted molar refractivity (Wildman–Crippen MR) is 103 cm³/mol. The second kappa shape index (κ2) is 9.44. The van der Waals surface area contributed by atoms with Crippen LogP contribution in [-0.2, 0) is 33.4 Å². The minimum absolute atomic E-state index is 0. The van der Waals surface area contributed by atoms with Crippen molar-refractivity contribution in [1.82, 2.24) is 5.32 Å². The number of nitrogens with one attached hydrogen (secondary N) is 1. The van der Waals surface area contributed by atoms with Gasteiger partial charge in [-0.15, -0.1) is 12.4 Å². The first-order chi connectivity index (χ1) is 11.3. The van der Waals surface area contributed by atoms with Crippen LogP contribution >= 0.6 is 12.4 Å². The number of nitrogens with two attached hydrogens (primary N) is 1. The quantitative estimate of drug-likeness (QED) is 0.720. The van der Waals surface area contributed by atoms with Gasteiger partial charge in [0.15, 0.2) is 9.84 Å². The number of benzene rings is 2. The summed E-state index contributed by atoms with van der Waals surface area (Å²) >= 11 is 0. The number of amides is 1. The Balaban J connectivity index is 0.00000312. The van der Waals surface area contributed by atoms with Crippen LogP contribution in [0.4, 0.5) is 5.69 Å². The lowest BCUT2D eigenvalue weighted by atomic mass is 10.1. The van der Waals surface area contributed by atoms with E-state index in [-0.39, 0.29) is 24.1 Å². The molecule has 0 aliphatic rings. The van der Waals surface area contributed by atoms with E-state index < -0.39 is 9.84 Å². The fourth-order valence-corrected chi connectivity index (χ4v) is 3.29. The van der Waals surface area contributed by atoms with Crippen LogP contribution < -0.4 is 11.1 Å². The van der Waals surface area contributed by atoms with Gasteiger partial charge in [-0.3, -0.25) is 4.79 Å². The molecule has 3 N–H and O–H groups in total. The van der Waals surface area contributed by atoms with Gasteiger partial charge in [0, 0.05) is 24.9 Å². The summed E-state index contributed by atoms with van der Waals surface area (Å²) in [5.74, 6) is -0.119. The number of nitrogen functional groups attached to an aromatic ring is 1. The largest absolute Gasteiger partial charge is 0.399 e. The van der Waals surface area contributed by atoms with E-state index in [1.807, 2.05) is 36.4 Å².